The number of piperidine rings is 1. The minimum atomic E-state index is 0.269. The molecule has 0 saturated carbocycles. The summed E-state index contributed by atoms with van der Waals surface area (Å²) < 4.78 is 0. The summed E-state index contributed by atoms with van der Waals surface area (Å²) in [4.78, 5) is 2.42. The van der Waals surface area contributed by atoms with Crippen molar-refractivity contribution < 1.29 is 5.11 Å². The number of rotatable bonds is 4. The molecule has 1 fully saturated rings. The molecule has 1 aliphatic heterocycles. The lowest BCUT2D eigenvalue weighted by atomic mass is 9.96. The lowest BCUT2D eigenvalue weighted by Crippen LogP contribution is -2.48. The largest absolute Gasteiger partial charge is 0.396 e. The van der Waals surface area contributed by atoms with Crippen molar-refractivity contribution in [1.29, 1.82) is 0 Å². The summed E-state index contributed by atoms with van der Waals surface area (Å²) >= 11 is 0. The Kier molecular flexibility index (Phi) is 4.54. The number of hydrogen-bond acceptors (Lipinski definition) is 3. The van der Waals surface area contributed by atoms with E-state index in [-0.39, 0.29) is 12.6 Å². The highest BCUT2D eigenvalue weighted by Gasteiger charge is 2.25. The van der Waals surface area contributed by atoms with Gasteiger partial charge in [0.25, 0.3) is 0 Å². The summed E-state index contributed by atoms with van der Waals surface area (Å²) in [5.41, 5.74) is 7.36. The standard InChI is InChI=1S/C14H22N2O/c15-13-6-7-14(8-9-17)16(11-13)10-12-4-2-1-3-5-12/h1-5,13-14,17H,6-11,15H2/t13-,14-/m0/s1. The van der Waals surface area contributed by atoms with Gasteiger partial charge in [-0.1, -0.05) is 30.3 Å². The summed E-state index contributed by atoms with van der Waals surface area (Å²) in [6.45, 7) is 2.16. The molecule has 1 aromatic rings. The molecule has 2 atom stereocenters. The SMILES string of the molecule is N[C@H]1CC[C@@H](CCO)N(Cc2ccccc2)C1. The van der Waals surface area contributed by atoms with Crippen molar-refractivity contribution in [2.75, 3.05) is 13.2 Å². The van der Waals surface area contributed by atoms with Gasteiger partial charge in [0.05, 0.1) is 0 Å². The number of nitrogens with two attached hydrogens (primary N) is 1. The van der Waals surface area contributed by atoms with E-state index in [1.54, 1.807) is 0 Å². The molecule has 17 heavy (non-hydrogen) atoms. The molecule has 0 aliphatic carbocycles. The molecule has 0 unspecified atom stereocenters. The monoisotopic (exact) mass is 234 g/mol. The quantitative estimate of drug-likeness (QED) is 0.827. The zero-order valence-electron chi connectivity index (χ0n) is 10.3. The summed E-state index contributed by atoms with van der Waals surface area (Å²) in [5.74, 6) is 0. The van der Waals surface area contributed by atoms with Crippen LogP contribution in [0.25, 0.3) is 0 Å². The molecule has 94 valence electrons. The Labute approximate surface area is 103 Å². The molecule has 1 aliphatic rings. The predicted octanol–water partition coefficient (Wildman–Crippen LogP) is 1.36. The van der Waals surface area contributed by atoms with E-state index in [9.17, 15) is 0 Å². The van der Waals surface area contributed by atoms with Gasteiger partial charge >= 0.3 is 0 Å². The van der Waals surface area contributed by atoms with Crippen molar-refractivity contribution in [3.8, 4) is 0 Å². The summed E-state index contributed by atoms with van der Waals surface area (Å²) in [6, 6.07) is 11.2. The molecule has 3 N–H and O–H groups in total. The molecule has 1 saturated heterocycles. The fourth-order valence-electron chi connectivity index (χ4n) is 2.62. The van der Waals surface area contributed by atoms with Crippen LogP contribution in [-0.2, 0) is 6.54 Å². The zero-order valence-corrected chi connectivity index (χ0v) is 10.3. The maximum absolute atomic E-state index is 9.11. The molecule has 0 radical (unpaired) electrons. The van der Waals surface area contributed by atoms with E-state index in [1.807, 2.05) is 6.07 Å². The first kappa shape index (κ1) is 12.6. The van der Waals surface area contributed by atoms with Crippen LogP contribution < -0.4 is 5.73 Å². The van der Waals surface area contributed by atoms with Crippen LogP contribution in [0.3, 0.4) is 0 Å². The van der Waals surface area contributed by atoms with Crippen molar-refractivity contribution in [3.63, 3.8) is 0 Å². The van der Waals surface area contributed by atoms with Gasteiger partial charge in [0, 0.05) is 31.8 Å². The topological polar surface area (TPSA) is 49.5 Å². The van der Waals surface area contributed by atoms with Gasteiger partial charge in [0.15, 0.2) is 0 Å². The van der Waals surface area contributed by atoms with E-state index < -0.39 is 0 Å². The van der Waals surface area contributed by atoms with Crippen molar-refractivity contribution in [1.82, 2.24) is 4.90 Å². The van der Waals surface area contributed by atoms with E-state index in [0.29, 0.717) is 6.04 Å². The van der Waals surface area contributed by atoms with Crippen LogP contribution in [0.5, 0.6) is 0 Å². The molecular weight excluding hydrogens is 212 g/mol. The molecule has 3 nitrogen and oxygen atoms in total. The van der Waals surface area contributed by atoms with E-state index in [0.717, 1.165) is 32.4 Å². The Bertz CT molecular complexity index is 328. The van der Waals surface area contributed by atoms with Crippen molar-refractivity contribution in [3.05, 3.63) is 35.9 Å². The minimum absolute atomic E-state index is 0.269. The fraction of sp³-hybridized carbons (Fsp3) is 0.571. The first-order valence-corrected chi connectivity index (χ1v) is 6.44. The number of nitrogens with zero attached hydrogens (tertiary/aromatic N) is 1. The summed E-state index contributed by atoms with van der Waals surface area (Å²) in [7, 11) is 0. The third kappa shape index (κ3) is 3.53. The van der Waals surface area contributed by atoms with E-state index >= 15 is 0 Å². The van der Waals surface area contributed by atoms with Crippen LogP contribution in [0.2, 0.25) is 0 Å². The highest BCUT2D eigenvalue weighted by atomic mass is 16.3. The number of likely N-dealkylation sites (tertiary alicyclic amines) is 1. The van der Waals surface area contributed by atoms with Gasteiger partial charge < -0.3 is 10.8 Å². The smallest absolute Gasteiger partial charge is 0.0445 e. The van der Waals surface area contributed by atoms with Gasteiger partial charge in [0.1, 0.15) is 0 Å². The maximum atomic E-state index is 9.11. The van der Waals surface area contributed by atoms with E-state index in [1.165, 1.54) is 5.56 Å². The van der Waals surface area contributed by atoms with Gasteiger partial charge in [-0.2, -0.15) is 0 Å². The molecule has 2 rings (SSSR count). The van der Waals surface area contributed by atoms with Crippen molar-refractivity contribution >= 4 is 0 Å². The molecule has 3 heteroatoms. The van der Waals surface area contributed by atoms with Gasteiger partial charge in [-0.25, -0.2) is 0 Å². The molecule has 0 aromatic heterocycles. The molecule has 1 aromatic carbocycles. The Morgan fingerprint density at radius 2 is 2.00 bits per heavy atom. The van der Waals surface area contributed by atoms with Gasteiger partial charge in [-0.05, 0) is 24.8 Å². The number of aliphatic hydroxyl groups excluding tert-OH is 1. The molecule has 0 amide bonds. The first-order valence-electron chi connectivity index (χ1n) is 6.44. The Balaban J connectivity index is 1.99. The normalized spacial score (nSPS) is 26.0. The third-order valence-corrected chi connectivity index (χ3v) is 3.55. The second-order valence-corrected chi connectivity index (χ2v) is 4.92. The van der Waals surface area contributed by atoms with Crippen LogP contribution in [-0.4, -0.2) is 35.2 Å². The summed E-state index contributed by atoms with van der Waals surface area (Å²) in [5, 5.41) is 9.11. The van der Waals surface area contributed by atoms with E-state index in [4.69, 9.17) is 10.8 Å². The molecule has 0 bridgehead atoms. The van der Waals surface area contributed by atoms with Crippen LogP contribution in [0.1, 0.15) is 24.8 Å². The second kappa shape index (κ2) is 6.15. The zero-order chi connectivity index (χ0) is 12.1. The number of benzene rings is 1. The first-order chi connectivity index (χ1) is 8.29. The average molecular weight is 234 g/mol. The molecular formula is C14H22N2O. The van der Waals surface area contributed by atoms with Crippen LogP contribution >= 0.6 is 0 Å². The highest BCUT2D eigenvalue weighted by Crippen LogP contribution is 2.21. The van der Waals surface area contributed by atoms with Gasteiger partial charge in [-0.15, -0.1) is 0 Å². The average Bonchev–Trinajstić information content (AvgIpc) is 2.34. The lowest BCUT2D eigenvalue weighted by Gasteiger charge is -2.38. The van der Waals surface area contributed by atoms with Crippen molar-refractivity contribution in [2.45, 2.75) is 37.9 Å². The van der Waals surface area contributed by atoms with E-state index in [2.05, 4.69) is 29.2 Å². The summed E-state index contributed by atoms with van der Waals surface area (Å²) in [6.07, 6.45) is 3.05. The highest BCUT2D eigenvalue weighted by molar-refractivity contribution is 5.14. The third-order valence-electron chi connectivity index (χ3n) is 3.55. The molecule has 1 heterocycles. The maximum Gasteiger partial charge on any atom is 0.0445 e. The lowest BCUT2D eigenvalue weighted by molar-refractivity contribution is 0.101. The number of hydrogen-bond donors (Lipinski definition) is 2. The Morgan fingerprint density at radius 1 is 1.24 bits per heavy atom. The van der Waals surface area contributed by atoms with Crippen LogP contribution in [0, 0.1) is 0 Å². The van der Waals surface area contributed by atoms with Crippen LogP contribution in [0.4, 0.5) is 0 Å². The van der Waals surface area contributed by atoms with Crippen molar-refractivity contribution in [2.24, 2.45) is 5.73 Å². The Morgan fingerprint density at radius 3 is 2.71 bits per heavy atom. The molecule has 0 spiro atoms. The van der Waals surface area contributed by atoms with Crippen LogP contribution in [0.15, 0.2) is 30.3 Å². The fourth-order valence-corrected chi connectivity index (χ4v) is 2.62. The second-order valence-electron chi connectivity index (χ2n) is 4.92. The Hall–Kier alpha value is -0.900. The number of aliphatic hydroxyl groups is 1. The van der Waals surface area contributed by atoms with Gasteiger partial charge in [0.2, 0.25) is 0 Å². The van der Waals surface area contributed by atoms with Gasteiger partial charge in [-0.3, -0.25) is 4.90 Å². The minimum Gasteiger partial charge on any atom is -0.396 e. The predicted molar refractivity (Wildman–Crippen MR) is 69.6 cm³/mol.